The number of benzene rings is 2. The maximum Gasteiger partial charge on any atom is 0.348 e. The van der Waals surface area contributed by atoms with Crippen LogP contribution in [0.1, 0.15) is 22.3 Å². The lowest BCUT2D eigenvalue weighted by molar-refractivity contribution is -0.131. The summed E-state index contributed by atoms with van der Waals surface area (Å²) in [6, 6.07) is 16.9. The van der Waals surface area contributed by atoms with E-state index in [2.05, 4.69) is 0 Å². The Balaban J connectivity index is 1.98. The van der Waals surface area contributed by atoms with Gasteiger partial charge in [0.2, 0.25) is 0 Å². The molecule has 1 aliphatic rings. The lowest BCUT2D eigenvalue weighted by atomic mass is 10.0. The van der Waals surface area contributed by atoms with Crippen molar-refractivity contribution in [2.75, 3.05) is 0 Å². The Morgan fingerprint density at radius 1 is 0.917 bits per heavy atom. The van der Waals surface area contributed by atoms with E-state index in [1.807, 2.05) is 12.1 Å². The Morgan fingerprint density at radius 3 is 2.00 bits per heavy atom. The zero-order valence-corrected chi connectivity index (χ0v) is 12.4. The largest absolute Gasteiger partial charge is 0.504 e. The first-order chi connectivity index (χ1) is 11.6. The van der Waals surface area contributed by atoms with Crippen LogP contribution >= 0.6 is 0 Å². The molecular formula is C19H10N2O3. The summed E-state index contributed by atoms with van der Waals surface area (Å²) in [5.41, 5.74) is 2.18. The molecule has 0 saturated heterocycles. The first-order valence-corrected chi connectivity index (χ1v) is 7.00. The third kappa shape index (κ3) is 2.75. The molecule has 1 N–H and O–H groups in total. The summed E-state index contributed by atoms with van der Waals surface area (Å²) in [6.45, 7) is 0. The zero-order valence-electron chi connectivity index (χ0n) is 12.4. The number of hydrogen-bond acceptors (Lipinski definition) is 5. The fraction of sp³-hybridized carbons (Fsp3) is 0. The zero-order chi connectivity index (χ0) is 17.1. The van der Waals surface area contributed by atoms with Gasteiger partial charge in [-0.3, -0.25) is 0 Å². The van der Waals surface area contributed by atoms with E-state index in [-0.39, 0.29) is 17.1 Å². The van der Waals surface area contributed by atoms with Crippen LogP contribution in [0.15, 0.2) is 60.0 Å². The van der Waals surface area contributed by atoms with Crippen LogP contribution in [0.5, 0.6) is 0 Å². The summed E-state index contributed by atoms with van der Waals surface area (Å²) in [7, 11) is 0. The molecule has 3 rings (SSSR count). The maximum atomic E-state index is 12.1. The van der Waals surface area contributed by atoms with Gasteiger partial charge in [0.15, 0.2) is 11.5 Å². The van der Waals surface area contributed by atoms with Crippen molar-refractivity contribution in [1.29, 1.82) is 10.5 Å². The standard InChI is InChI=1S/C19H10N2O3/c20-10-13-3-1-12(2-4-13)9-16-18(22)17(19(23)24-16)15-7-5-14(11-21)6-8-15/h1-9,22H. The average Bonchev–Trinajstić information content (AvgIpc) is 2.89. The topological polar surface area (TPSA) is 94.1 Å². The Hall–Kier alpha value is -3.83. The van der Waals surface area contributed by atoms with Crippen molar-refractivity contribution in [3.05, 3.63) is 82.3 Å². The molecule has 2 aromatic carbocycles. The third-order valence-electron chi connectivity index (χ3n) is 3.52. The van der Waals surface area contributed by atoms with E-state index < -0.39 is 5.97 Å². The minimum atomic E-state index is -0.655. The summed E-state index contributed by atoms with van der Waals surface area (Å²) in [5.74, 6) is -0.866. The number of aliphatic hydroxyl groups is 1. The molecule has 0 saturated carbocycles. The molecule has 0 aromatic heterocycles. The average molecular weight is 314 g/mol. The van der Waals surface area contributed by atoms with Gasteiger partial charge in [0.1, 0.15) is 5.57 Å². The predicted octanol–water partition coefficient (Wildman–Crippen LogP) is 3.30. The molecule has 0 spiro atoms. The van der Waals surface area contributed by atoms with Gasteiger partial charge in [-0.05, 0) is 41.5 Å². The predicted molar refractivity (Wildman–Crippen MR) is 85.9 cm³/mol. The van der Waals surface area contributed by atoms with Gasteiger partial charge in [-0.1, -0.05) is 24.3 Å². The number of ether oxygens (including phenoxy) is 1. The third-order valence-corrected chi connectivity index (χ3v) is 3.52. The SMILES string of the molecule is N#Cc1ccc(C=C2OC(=O)C(c3ccc(C#N)cc3)=C2O)cc1. The number of nitrogens with zero attached hydrogens (tertiary/aromatic N) is 2. The second-order valence-electron chi connectivity index (χ2n) is 5.04. The molecule has 114 valence electrons. The van der Waals surface area contributed by atoms with Gasteiger partial charge in [-0.15, -0.1) is 0 Å². The molecule has 24 heavy (non-hydrogen) atoms. The highest BCUT2D eigenvalue weighted by Gasteiger charge is 2.31. The molecule has 0 radical (unpaired) electrons. The van der Waals surface area contributed by atoms with Gasteiger partial charge < -0.3 is 9.84 Å². The van der Waals surface area contributed by atoms with Crippen LogP contribution < -0.4 is 0 Å². The molecule has 0 aliphatic carbocycles. The fourth-order valence-electron chi connectivity index (χ4n) is 2.29. The van der Waals surface area contributed by atoms with Crippen molar-refractivity contribution in [3.8, 4) is 12.1 Å². The molecule has 1 heterocycles. The van der Waals surface area contributed by atoms with Crippen LogP contribution in [-0.2, 0) is 9.53 Å². The van der Waals surface area contributed by atoms with E-state index in [4.69, 9.17) is 15.3 Å². The van der Waals surface area contributed by atoms with Gasteiger partial charge in [0.05, 0.1) is 23.3 Å². The molecule has 0 fully saturated rings. The van der Waals surface area contributed by atoms with Gasteiger partial charge >= 0.3 is 5.97 Å². The highest BCUT2D eigenvalue weighted by Crippen LogP contribution is 2.32. The number of cyclic esters (lactones) is 1. The van der Waals surface area contributed by atoms with E-state index in [1.165, 1.54) is 6.08 Å². The van der Waals surface area contributed by atoms with Crippen LogP contribution in [0, 0.1) is 22.7 Å². The van der Waals surface area contributed by atoms with Crippen molar-refractivity contribution >= 4 is 17.6 Å². The molecule has 0 unspecified atom stereocenters. The number of aliphatic hydroxyl groups excluding tert-OH is 1. The highest BCUT2D eigenvalue weighted by atomic mass is 16.6. The van der Waals surface area contributed by atoms with Crippen molar-refractivity contribution < 1.29 is 14.6 Å². The van der Waals surface area contributed by atoms with E-state index in [0.717, 1.165) is 0 Å². The summed E-state index contributed by atoms with van der Waals surface area (Å²) < 4.78 is 5.13. The number of rotatable bonds is 2. The lowest BCUT2D eigenvalue weighted by Gasteiger charge is -1.99. The second-order valence-corrected chi connectivity index (χ2v) is 5.04. The summed E-state index contributed by atoms with van der Waals surface area (Å²) in [5, 5.41) is 27.9. The Labute approximate surface area is 138 Å². The number of esters is 1. The molecule has 0 bridgehead atoms. The summed E-state index contributed by atoms with van der Waals surface area (Å²) >= 11 is 0. The van der Waals surface area contributed by atoms with Crippen molar-refractivity contribution in [3.63, 3.8) is 0 Å². The Bertz CT molecular complexity index is 954. The first kappa shape index (κ1) is 15.1. The Morgan fingerprint density at radius 2 is 1.46 bits per heavy atom. The van der Waals surface area contributed by atoms with Gasteiger partial charge in [-0.2, -0.15) is 10.5 Å². The van der Waals surface area contributed by atoms with Crippen molar-refractivity contribution in [2.24, 2.45) is 0 Å². The fourth-order valence-corrected chi connectivity index (χ4v) is 2.29. The number of carbonyl (C=O) groups is 1. The molecule has 2 aromatic rings. The molecule has 5 nitrogen and oxygen atoms in total. The van der Waals surface area contributed by atoms with Gasteiger partial charge in [0, 0.05) is 0 Å². The molecular weight excluding hydrogens is 304 g/mol. The molecule has 5 heteroatoms. The van der Waals surface area contributed by atoms with Crippen molar-refractivity contribution in [2.45, 2.75) is 0 Å². The van der Waals surface area contributed by atoms with Crippen LogP contribution in [-0.4, -0.2) is 11.1 Å². The molecule has 0 amide bonds. The summed E-state index contributed by atoms with van der Waals surface area (Å²) in [6.07, 6.45) is 1.52. The highest BCUT2D eigenvalue weighted by molar-refractivity contribution is 6.20. The molecule has 1 aliphatic heterocycles. The van der Waals surface area contributed by atoms with E-state index in [0.29, 0.717) is 22.3 Å². The first-order valence-electron chi connectivity index (χ1n) is 7.00. The van der Waals surface area contributed by atoms with Crippen LogP contribution in [0.25, 0.3) is 11.6 Å². The lowest BCUT2D eigenvalue weighted by Crippen LogP contribution is -1.98. The van der Waals surface area contributed by atoms with Crippen molar-refractivity contribution in [1.82, 2.24) is 0 Å². The van der Waals surface area contributed by atoms with Gasteiger partial charge in [0.25, 0.3) is 0 Å². The Kier molecular flexibility index (Phi) is 3.84. The maximum absolute atomic E-state index is 12.1. The monoisotopic (exact) mass is 314 g/mol. The van der Waals surface area contributed by atoms with E-state index >= 15 is 0 Å². The molecule has 0 atom stereocenters. The van der Waals surface area contributed by atoms with E-state index in [1.54, 1.807) is 48.5 Å². The minimum absolute atomic E-state index is 0.0454. The summed E-state index contributed by atoms with van der Waals surface area (Å²) in [4.78, 5) is 12.1. The number of carbonyl (C=O) groups excluding carboxylic acids is 1. The smallest absolute Gasteiger partial charge is 0.348 e. The van der Waals surface area contributed by atoms with Crippen LogP contribution in [0.2, 0.25) is 0 Å². The second kappa shape index (κ2) is 6.12. The minimum Gasteiger partial charge on any atom is -0.504 e. The number of hydrogen-bond donors (Lipinski definition) is 1. The quantitative estimate of drug-likeness (QED) is 0.858. The number of nitriles is 2. The van der Waals surface area contributed by atoms with E-state index in [9.17, 15) is 9.90 Å². The van der Waals surface area contributed by atoms with Gasteiger partial charge in [-0.25, -0.2) is 4.79 Å². The van der Waals surface area contributed by atoms with Crippen LogP contribution in [0.4, 0.5) is 0 Å². The van der Waals surface area contributed by atoms with Crippen LogP contribution in [0.3, 0.4) is 0 Å². The normalized spacial score (nSPS) is 15.1.